The normalized spacial score (nSPS) is 12.2. The topological polar surface area (TPSA) is 47.3 Å². The van der Waals surface area contributed by atoms with Gasteiger partial charge in [0.15, 0.2) is 17.3 Å². The molecule has 38 heavy (non-hydrogen) atoms. The van der Waals surface area contributed by atoms with Crippen molar-refractivity contribution in [3.8, 4) is 33.9 Å². The summed E-state index contributed by atoms with van der Waals surface area (Å²) in [7, 11) is 1.14. The van der Waals surface area contributed by atoms with Gasteiger partial charge in [0.25, 0.3) is 0 Å². The number of rotatable bonds is 5. The molecule has 4 nitrogen and oxygen atoms in total. The summed E-state index contributed by atoms with van der Waals surface area (Å²) in [5.41, 5.74) is -3.74. The van der Waals surface area contributed by atoms with Gasteiger partial charge in [0.1, 0.15) is 12.4 Å². The number of halogens is 9. The number of benzene rings is 3. The number of aryl methyl sites for hydroxylation is 1. The van der Waals surface area contributed by atoms with Gasteiger partial charge < -0.3 is 9.84 Å². The molecule has 0 fully saturated rings. The van der Waals surface area contributed by atoms with Crippen LogP contribution in [0.2, 0.25) is 10.0 Å². The molecule has 3 aromatic carbocycles. The predicted molar refractivity (Wildman–Crippen MR) is 127 cm³/mol. The minimum atomic E-state index is -4.90. The van der Waals surface area contributed by atoms with Gasteiger partial charge in [0.2, 0.25) is 0 Å². The van der Waals surface area contributed by atoms with E-state index in [9.17, 15) is 31.4 Å². The van der Waals surface area contributed by atoms with Crippen molar-refractivity contribution >= 4 is 23.2 Å². The molecule has 0 aliphatic carbocycles. The van der Waals surface area contributed by atoms with E-state index >= 15 is 4.39 Å². The Labute approximate surface area is 220 Å². The van der Waals surface area contributed by atoms with E-state index in [1.54, 1.807) is 12.1 Å². The molecule has 4 rings (SSSR count). The molecule has 200 valence electrons. The fraction of sp³-hybridized carbons (Fsp3) is 0.160. The molecule has 0 atom stereocenters. The van der Waals surface area contributed by atoms with Gasteiger partial charge in [0.05, 0.1) is 21.8 Å². The molecule has 0 amide bonds. The molecule has 0 spiro atoms. The Morgan fingerprint density at radius 2 is 1.58 bits per heavy atom. The highest BCUT2D eigenvalue weighted by Gasteiger charge is 2.36. The van der Waals surface area contributed by atoms with E-state index in [1.165, 1.54) is 12.1 Å². The molecule has 4 aromatic rings. The Morgan fingerprint density at radius 1 is 0.921 bits per heavy atom. The van der Waals surface area contributed by atoms with E-state index in [4.69, 9.17) is 27.9 Å². The zero-order valence-corrected chi connectivity index (χ0v) is 20.6. The Balaban J connectivity index is 1.93. The van der Waals surface area contributed by atoms with Crippen molar-refractivity contribution in [3.63, 3.8) is 0 Å². The van der Waals surface area contributed by atoms with E-state index in [1.807, 2.05) is 0 Å². The molecule has 13 heteroatoms. The van der Waals surface area contributed by atoms with Crippen LogP contribution in [0.5, 0.6) is 11.5 Å². The van der Waals surface area contributed by atoms with Crippen molar-refractivity contribution in [2.45, 2.75) is 19.0 Å². The molecule has 0 bridgehead atoms. The van der Waals surface area contributed by atoms with Gasteiger partial charge in [-0.3, -0.25) is 4.68 Å². The maximum atomic E-state index is 15.5. The SMILES string of the molecule is Cn1nc(C(F)(F)F)cc1-c1cc(F)c(OCc2ccc(Cl)cc2)c(-c2ccc(Cl)c(C(F)(F)F)c2)c1O. The number of aromatic hydroxyl groups is 1. The minimum Gasteiger partial charge on any atom is -0.506 e. The summed E-state index contributed by atoms with van der Waals surface area (Å²) < 4.78 is 102. The van der Waals surface area contributed by atoms with Crippen molar-refractivity contribution in [2.75, 3.05) is 0 Å². The summed E-state index contributed by atoms with van der Waals surface area (Å²) >= 11 is 11.6. The summed E-state index contributed by atoms with van der Waals surface area (Å²) in [6.07, 6.45) is -9.74. The van der Waals surface area contributed by atoms with E-state index in [0.717, 1.165) is 23.9 Å². The number of nitrogens with zero attached hydrogens (tertiary/aromatic N) is 2. The van der Waals surface area contributed by atoms with E-state index < -0.39 is 57.1 Å². The molecule has 1 heterocycles. The molecule has 0 saturated carbocycles. The molecule has 1 N–H and O–H groups in total. The lowest BCUT2D eigenvalue weighted by Gasteiger charge is -2.19. The quantitative estimate of drug-likeness (QED) is 0.241. The second kappa shape index (κ2) is 10.0. The highest BCUT2D eigenvalue weighted by molar-refractivity contribution is 6.31. The van der Waals surface area contributed by atoms with Crippen molar-refractivity contribution < 1.29 is 40.6 Å². The summed E-state index contributed by atoms with van der Waals surface area (Å²) in [6, 6.07) is 10.1. The van der Waals surface area contributed by atoms with Crippen LogP contribution in [0.25, 0.3) is 22.4 Å². The maximum absolute atomic E-state index is 15.5. The van der Waals surface area contributed by atoms with E-state index in [-0.39, 0.29) is 17.9 Å². The van der Waals surface area contributed by atoms with Gasteiger partial charge in [-0.1, -0.05) is 41.4 Å². The maximum Gasteiger partial charge on any atom is 0.435 e. The van der Waals surface area contributed by atoms with Crippen LogP contribution in [-0.2, 0) is 26.0 Å². The van der Waals surface area contributed by atoms with Crippen LogP contribution >= 0.6 is 23.2 Å². The second-order valence-corrected chi connectivity index (χ2v) is 8.95. The van der Waals surface area contributed by atoms with Gasteiger partial charge in [-0.05, 0) is 47.5 Å². The molecule has 1 aromatic heterocycles. The monoisotopic (exact) mass is 578 g/mol. The van der Waals surface area contributed by atoms with Crippen LogP contribution in [0.3, 0.4) is 0 Å². The third-order valence-corrected chi connectivity index (χ3v) is 6.09. The van der Waals surface area contributed by atoms with Gasteiger partial charge in [-0.2, -0.15) is 31.4 Å². The Hall–Kier alpha value is -3.44. The number of hydrogen-bond acceptors (Lipinski definition) is 3. The predicted octanol–water partition coefficient (Wildman–Crippen LogP) is 8.52. The lowest BCUT2D eigenvalue weighted by molar-refractivity contribution is -0.141. The first-order valence-electron chi connectivity index (χ1n) is 10.6. The fourth-order valence-corrected chi connectivity index (χ4v) is 4.07. The summed E-state index contributed by atoms with van der Waals surface area (Å²) in [6.45, 7) is -0.274. The highest BCUT2D eigenvalue weighted by Crippen LogP contribution is 2.48. The number of phenolic OH excluding ortho intramolecular Hbond substituents is 1. The number of ether oxygens (including phenoxy) is 1. The molecular weight excluding hydrogens is 564 g/mol. The number of alkyl halides is 6. The van der Waals surface area contributed by atoms with Gasteiger partial charge >= 0.3 is 12.4 Å². The highest BCUT2D eigenvalue weighted by atomic mass is 35.5. The lowest BCUT2D eigenvalue weighted by atomic mass is 9.96. The van der Waals surface area contributed by atoms with E-state index in [0.29, 0.717) is 28.8 Å². The summed E-state index contributed by atoms with van der Waals surface area (Å²) in [5.74, 6) is -2.61. The van der Waals surface area contributed by atoms with Crippen LogP contribution in [0, 0.1) is 5.82 Å². The number of hydrogen-bond donors (Lipinski definition) is 1. The third-order valence-electron chi connectivity index (χ3n) is 5.51. The average molecular weight is 579 g/mol. The molecule has 0 saturated heterocycles. The van der Waals surface area contributed by atoms with Crippen LogP contribution in [0.4, 0.5) is 30.7 Å². The smallest absolute Gasteiger partial charge is 0.435 e. The average Bonchev–Trinajstić information content (AvgIpc) is 3.22. The van der Waals surface area contributed by atoms with Crippen LogP contribution in [0.1, 0.15) is 16.8 Å². The molecular formula is C25H15Cl2F7N2O2. The van der Waals surface area contributed by atoms with Crippen LogP contribution in [0.15, 0.2) is 54.6 Å². The van der Waals surface area contributed by atoms with Gasteiger partial charge in [-0.15, -0.1) is 0 Å². The van der Waals surface area contributed by atoms with Crippen molar-refractivity contribution in [3.05, 3.63) is 87.3 Å². The Morgan fingerprint density at radius 3 is 2.16 bits per heavy atom. The largest absolute Gasteiger partial charge is 0.506 e. The van der Waals surface area contributed by atoms with Gasteiger partial charge in [-0.25, -0.2) is 4.39 Å². The van der Waals surface area contributed by atoms with Crippen LogP contribution in [-0.4, -0.2) is 14.9 Å². The van der Waals surface area contributed by atoms with Crippen molar-refractivity contribution in [2.24, 2.45) is 7.05 Å². The van der Waals surface area contributed by atoms with Crippen LogP contribution < -0.4 is 4.74 Å². The third kappa shape index (κ3) is 5.53. The summed E-state index contributed by atoms with van der Waals surface area (Å²) in [4.78, 5) is 0. The molecule has 0 aliphatic rings. The molecule has 0 radical (unpaired) electrons. The fourth-order valence-electron chi connectivity index (χ4n) is 3.72. The zero-order chi connectivity index (χ0) is 28.0. The summed E-state index contributed by atoms with van der Waals surface area (Å²) in [5, 5.41) is 14.2. The number of phenols is 1. The minimum absolute atomic E-state index is 0.274. The second-order valence-electron chi connectivity index (χ2n) is 8.10. The van der Waals surface area contributed by atoms with Crippen molar-refractivity contribution in [1.82, 2.24) is 9.78 Å². The van der Waals surface area contributed by atoms with E-state index in [2.05, 4.69) is 5.10 Å². The molecule has 0 aliphatic heterocycles. The first-order valence-corrected chi connectivity index (χ1v) is 11.3. The first kappa shape index (κ1) is 27.6. The first-order chi connectivity index (χ1) is 17.7. The lowest BCUT2D eigenvalue weighted by Crippen LogP contribution is -2.07. The molecule has 0 unspecified atom stereocenters. The van der Waals surface area contributed by atoms with Gasteiger partial charge in [0, 0.05) is 17.6 Å². The zero-order valence-electron chi connectivity index (χ0n) is 19.1. The Kier molecular flexibility index (Phi) is 7.28. The van der Waals surface area contributed by atoms with Crippen molar-refractivity contribution in [1.29, 1.82) is 0 Å². The number of aromatic nitrogens is 2. The standard InChI is InChI=1S/C25H15Cl2F7N2O2/c1-36-19(10-20(35-36)25(32,33)34)15-9-18(28)23(38-11-12-2-5-14(26)6-3-12)21(22(15)37)13-4-7-17(27)16(8-13)24(29,30)31/h2-10,37H,11H2,1H3. The Bertz CT molecular complexity index is 1500.